The Morgan fingerprint density at radius 1 is 1.40 bits per heavy atom. The lowest BCUT2D eigenvalue weighted by Crippen LogP contribution is -2.11. The first-order chi connectivity index (χ1) is 7.15. The second-order valence-electron chi connectivity index (χ2n) is 3.77. The quantitative estimate of drug-likeness (QED) is 0.758. The number of hydrogen-bond donors (Lipinski definition) is 1. The van der Waals surface area contributed by atoms with Crippen LogP contribution in [0.4, 0.5) is 4.39 Å². The van der Waals surface area contributed by atoms with Gasteiger partial charge in [0.15, 0.2) is 0 Å². The molecule has 1 rings (SSSR count). The Labute approximate surface area is 95.4 Å². The summed E-state index contributed by atoms with van der Waals surface area (Å²) in [6.45, 7) is 2.14. The van der Waals surface area contributed by atoms with E-state index in [-0.39, 0.29) is 11.9 Å². The molecule has 1 aromatic rings. The Balaban J connectivity index is 2.64. The summed E-state index contributed by atoms with van der Waals surface area (Å²) in [6, 6.07) is 4.19. The molecule has 1 aromatic carbocycles. The van der Waals surface area contributed by atoms with Crippen molar-refractivity contribution < 1.29 is 4.39 Å². The van der Waals surface area contributed by atoms with Crippen LogP contribution in [0.15, 0.2) is 18.2 Å². The fraction of sp³-hybridized carbons (Fsp3) is 0.500. The SMILES string of the molecule is CCCCCC(N)c1cc(F)ccc1Cl. The summed E-state index contributed by atoms with van der Waals surface area (Å²) in [5, 5.41) is 0.556. The number of unbranched alkanes of at least 4 members (excludes halogenated alkanes) is 2. The molecule has 1 atom stereocenters. The molecule has 0 fully saturated rings. The number of hydrogen-bond acceptors (Lipinski definition) is 1. The molecule has 0 radical (unpaired) electrons. The molecule has 0 amide bonds. The maximum Gasteiger partial charge on any atom is 0.123 e. The van der Waals surface area contributed by atoms with Crippen molar-refractivity contribution in [2.45, 2.75) is 38.6 Å². The van der Waals surface area contributed by atoms with Gasteiger partial charge in [0.2, 0.25) is 0 Å². The zero-order chi connectivity index (χ0) is 11.3. The van der Waals surface area contributed by atoms with E-state index in [1.165, 1.54) is 12.1 Å². The van der Waals surface area contributed by atoms with Crippen LogP contribution >= 0.6 is 11.6 Å². The monoisotopic (exact) mass is 229 g/mol. The van der Waals surface area contributed by atoms with E-state index in [2.05, 4.69) is 6.92 Å². The molecule has 1 nitrogen and oxygen atoms in total. The Morgan fingerprint density at radius 2 is 2.13 bits per heavy atom. The highest BCUT2D eigenvalue weighted by Gasteiger charge is 2.10. The molecule has 1 unspecified atom stereocenters. The van der Waals surface area contributed by atoms with Crippen LogP contribution < -0.4 is 5.73 Å². The number of halogens is 2. The molecule has 0 aromatic heterocycles. The van der Waals surface area contributed by atoms with Crippen LogP contribution in [0.5, 0.6) is 0 Å². The maximum absolute atomic E-state index is 13.0. The van der Waals surface area contributed by atoms with Crippen LogP contribution in [0.1, 0.15) is 44.2 Å². The molecule has 0 saturated carbocycles. The average molecular weight is 230 g/mol. The van der Waals surface area contributed by atoms with Gasteiger partial charge in [0.1, 0.15) is 5.82 Å². The van der Waals surface area contributed by atoms with E-state index in [9.17, 15) is 4.39 Å². The van der Waals surface area contributed by atoms with E-state index >= 15 is 0 Å². The van der Waals surface area contributed by atoms with Gasteiger partial charge in [-0.1, -0.05) is 37.8 Å². The zero-order valence-corrected chi connectivity index (χ0v) is 9.73. The van der Waals surface area contributed by atoms with Gasteiger partial charge in [-0.25, -0.2) is 4.39 Å². The second-order valence-corrected chi connectivity index (χ2v) is 4.18. The second kappa shape index (κ2) is 6.09. The first-order valence-corrected chi connectivity index (χ1v) is 5.73. The molecular formula is C12H17ClFN. The smallest absolute Gasteiger partial charge is 0.123 e. The van der Waals surface area contributed by atoms with E-state index in [0.29, 0.717) is 10.6 Å². The van der Waals surface area contributed by atoms with Gasteiger partial charge in [0.05, 0.1) is 0 Å². The molecule has 15 heavy (non-hydrogen) atoms. The van der Waals surface area contributed by atoms with E-state index in [4.69, 9.17) is 17.3 Å². The standard InChI is InChI=1S/C12H17ClFN/c1-2-3-4-5-12(15)10-8-9(14)6-7-11(10)13/h6-8,12H,2-5,15H2,1H3. The normalized spacial score (nSPS) is 12.8. The van der Waals surface area contributed by atoms with Crippen molar-refractivity contribution in [3.05, 3.63) is 34.6 Å². The summed E-state index contributed by atoms with van der Waals surface area (Å²) < 4.78 is 13.0. The predicted octanol–water partition coefficient (Wildman–Crippen LogP) is 4.06. The molecule has 0 heterocycles. The summed E-state index contributed by atoms with van der Waals surface area (Å²) >= 11 is 5.96. The highest BCUT2D eigenvalue weighted by atomic mass is 35.5. The molecule has 0 aliphatic heterocycles. The van der Waals surface area contributed by atoms with Crippen molar-refractivity contribution in [1.29, 1.82) is 0 Å². The summed E-state index contributed by atoms with van der Waals surface area (Å²) in [7, 11) is 0. The van der Waals surface area contributed by atoms with E-state index in [0.717, 1.165) is 25.7 Å². The van der Waals surface area contributed by atoms with Gasteiger partial charge < -0.3 is 5.73 Å². The van der Waals surface area contributed by atoms with Crippen molar-refractivity contribution in [2.75, 3.05) is 0 Å². The van der Waals surface area contributed by atoms with E-state index in [1.807, 2.05) is 0 Å². The zero-order valence-electron chi connectivity index (χ0n) is 8.97. The highest BCUT2D eigenvalue weighted by molar-refractivity contribution is 6.31. The third-order valence-corrected chi connectivity index (χ3v) is 2.82. The van der Waals surface area contributed by atoms with E-state index < -0.39 is 0 Å². The summed E-state index contributed by atoms with van der Waals surface area (Å²) in [6.07, 6.45) is 4.23. The fourth-order valence-electron chi connectivity index (χ4n) is 1.57. The van der Waals surface area contributed by atoms with Crippen molar-refractivity contribution >= 4 is 11.6 Å². The number of nitrogens with two attached hydrogens (primary N) is 1. The highest BCUT2D eigenvalue weighted by Crippen LogP contribution is 2.25. The van der Waals surface area contributed by atoms with Gasteiger partial charge in [-0.05, 0) is 30.2 Å². The molecule has 0 bridgehead atoms. The minimum atomic E-state index is -0.277. The van der Waals surface area contributed by atoms with Gasteiger partial charge in [-0.15, -0.1) is 0 Å². The fourth-order valence-corrected chi connectivity index (χ4v) is 1.83. The van der Waals surface area contributed by atoms with Gasteiger partial charge in [-0.2, -0.15) is 0 Å². The van der Waals surface area contributed by atoms with Crippen LogP contribution in [-0.4, -0.2) is 0 Å². The summed E-state index contributed by atoms with van der Waals surface area (Å²) in [5.41, 5.74) is 6.67. The molecule has 0 spiro atoms. The van der Waals surface area contributed by atoms with Gasteiger partial charge >= 0.3 is 0 Å². The lowest BCUT2D eigenvalue weighted by molar-refractivity contribution is 0.572. The largest absolute Gasteiger partial charge is 0.324 e. The Morgan fingerprint density at radius 3 is 2.80 bits per heavy atom. The van der Waals surface area contributed by atoms with Crippen LogP contribution in [0, 0.1) is 5.82 Å². The van der Waals surface area contributed by atoms with Gasteiger partial charge in [0.25, 0.3) is 0 Å². The first kappa shape index (κ1) is 12.5. The minimum absolute atomic E-state index is 0.153. The third-order valence-electron chi connectivity index (χ3n) is 2.48. The molecule has 0 aliphatic rings. The van der Waals surface area contributed by atoms with Gasteiger partial charge in [-0.3, -0.25) is 0 Å². The summed E-state index contributed by atoms with van der Waals surface area (Å²) in [5.74, 6) is -0.277. The van der Waals surface area contributed by atoms with Gasteiger partial charge in [0, 0.05) is 11.1 Å². The average Bonchev–Trinajstić information content (AvgIpc) is 2.22. The van der Waals surface area contributed by atoms with Crippen LogP contribution in [0.25, 0.3) is 0 Å². The molecule has 0 saturated heterocycles. The molecule has 3 heteroatoms. The van der Waals surface area contributed by atoms with Crippen molar-refractivity contribution in [3.8, 4) is 0 Å². The van der Waals surface area contributed by atoms with Crippen molar-refractivity contribution in [3.63, 3.8) is 0 Å². The van der Waals surface area contributed by atoms with Crippen LogP contribution in [0.3, 0.4) is 0 Å². The Hall–Kier alpha value is -0.600. The van der Waals surface area contributed by atoms with Crippen molar-refractivity contribution in [1.82, 2.24) is 0 Å². The Bertz CT molecular complexity index is 314. The first-order valence-electron chi connectivity index (χ1n) is 5.35. The lowest BCUT2D eigenvalue weighted by atomic mass is 10.0. The lowest BCUT2D eigenvalue weighted by Gasteiger charge is -2.13. The number of rotatable bonds is 5. The maximum atomic E-state index is 13.0. The molecule has 2 N–H and O–H groups in total. The third kappa shape index (κ3) is 3.80. The van der Waals surface area contributed by atoms with Crippen LogP contribution in [0.2, 0.25) is 5.02 Å². The molecule has 84 valence electrons. The Kier molecular flexibility index (Phi) is 5.06. The van der Waals surface area contributed by atoms with Crippen LogP contribution in [-0.2, 0) is 0 Å². The topological polar surface area (TPSA) is 26.0 Å². The molecule has 0 aliphatic carbocycles. The predicted molar refractivity (Wildman–Crippen MR) is 62.5 cm³/mol. The molecular weight excluding hydrogens is 213 g/mol. The summed E-state index contributed by atoms with van der Waals surface area (Å²) in [4.78, 5) is 0. The van der Waals surface area contributed by atoms with E-state index in [1.54, 1.807) is 6.07 Å². The van der Waals surface area contributed by atoms with Crippen molar-refractivity contribution in [2.24, 2.45) is 5.73 Å². The minimum Gasteiger partial charge on any atom is -0.324 e. The number of benzene rings is 1.